The Morgan fingerprint density at radius 3 is 2.97 bits per heavy atom. The van der Waals surface area contributed by atoms with Crippen LogP contribution in [0.15, 0.2) is 46.1 Å². The van der Waals surface area contributed by atoms with E-state index in [9.17, 15) is 13.7 Å². The number of nitriles is 1. The maximum atomic E-state index is 13.3. The van der Waals surface area contributed by atoms with Crippen LogP contribution in [-0.2, 0) is 23.0 Å². The van der Waals surface area contributed by atoms with Gasteiger partial charge in [-0.25, -0.2) is 13.4 Å². The van der Waals surface area contributed by atoms with E-state index in [1.54, 1.807) is 35.3 Å². The lowest BCUT2D eigenvalue weighted by molar-refractivity contribution is 0.280. The predicted octanol–water partition coefficient (Wildman–Crippen LogP) is 2.47. The number of nitrogens with one attached hydrogen (secondary N) is 1. The zero-order chi connectivity index (χ0) is 23.0. The maximum Gasteiger partial charge on any atom is 0.266 e. The zero-order valence-corrected chi connectivity index (χ0v) is 18.3. The van der Waals surface area contributed by atoms with Crippen molar-refractivity contribution >= 4 is 26.8 Å². The molecule has 0 spiro atoms. The summed E-state index contributed by atoms with van der Waals surface area (Å²) in [6.45, 7) is 0.760. The predicted molar refractivity (Wildman–Crippen MR) is 115 cm³/mol. The van der Waals surface area contributed by atoms with Crippen molar-refractivity contribution < 1.29 is 22.4 Å². The van der Waals surface area contributed by atoms with E-state index in [4.69, 9.17) is 14.0 Å². The molecule has 0 radical (unpaired) electrons. The Balaban J connectivity index is 1.55. The molecule has 0 saturated heterocycles. The standard InChI is InChI=1S/C21H18N6O5S/c1-30-21-18-16(10-15(24-21)12-27-6-3-5-23-27)32-25-20(18)26-33(28,29)17-9-13(11-22)8-14-4-2-7-31-19(14)17/h3,5-6,8-10H,2,4,7,12H2,1H3,(H,25,26). The number of sulfonamides is 1. The summed E-state index contributed by atoms with van der Waals surface area (Å²) in [4.78, 5) is 4.31. The molecule has 0 fully saturated rings. The SMILES string of the molecule is COc1nc(Cn2cccn2)cc2onc(NS(=O)(=O)c3cc(C#N)cc4c3OCCC4)c12. The van der Waals surface area contributed by atoms with Gasteiger partial charge in [0.15, 0.2) is 11.4 Å². The highest BCUT2D eigenvalue weighted by molar-refractivity contribution is 7.92. The second-order valence-corrected chi connectivity index (χ2v) is 9.01. The Morgan fingerprint density at radius 2 is 2.21 bits per heavy atom. The number of pyridine rings is 1. The monoisotopic (exact) mass is 466 g/mol. The summed E-state index contributed by atoms with van der Waals surface area (Å²) in [5.74, 6) is 0.316. The van der Waals surface area contributed by atoms with Crippen LogP contribution in [0.2, 0.25) is 0 Å². The van der Waals surface area contributed by atoms with Crippen molar-refractivity contribution in [2.45, 2.75) is 24.3 Å². The average Bonchev–Trinajstić information content (AvgIpc) is 3.47. The van der Waals surface area contributed by atoms with Gasteiger partial charge in [0.1, 0.15) is 16.0 Å². The largest absolute Gasteiger partial charge is 0.492 e. The Kier molecular flexibility index (Phi) is 5.10. The van der Waals surface area contributed by atoms with Crippen LogP contribution in [0.5, 0.6) is 11.6 Å². The van der Waals surface area contributed by atoms with Gasteiger partial charge in [-0.2, -0.15) is 10.4 Å². The van der Waals surface area contributed by atoms with Crippen molar-refractivity contribution in [3.63, 3.8) is 0 Å². The van der Waals surface area contributed by atoms with Crippen molar-refractivity contribution in [1.82, 2.24) is 19.9 Å². The Labute approximate surface area is 188 Å². The molecular weight excluding hydrogens is 448 g/mol. The summed E-state index contributed by atoms with van der Waals surface area (Å²) >= 11 is 0. The van der Waals surface area contributed by atoms with Gasteiger partial charge in [-0.15, -0.1) is 0 Å². The number of aryl methyl sites for hydroxylation is 1. The van der Waals surface area contributed by atoms with Crippen LogP contribution >= 0.6 is 0 Å². The quantitative estimate of drug-likeness (QED) is 0.453. The van der Waals surface area contributed by atoms with Crippen molar-refractivity contribution in [2.75, 3.05) is 18.4 Å². The topological polar surface area (TPSA) is 145 Å². The average molecular weight is 466 g/mol. The Morgan fingerprint density at radius 1 is 1.33 bits per heavy atom. The van der Waals surface area contributed by atoms with Crippen molar-refractivity contribution in [3.05, 3.63) is 53.5 Å². The molecule has 1 aliphatic heterocycles. The second-order valence-electron chi connectivity index (χ2n) is 7.36. The molecule has 4 aromatic rings. The third-order valence-corrected chi connectivity index (χ3v) is 6.51. The molecule has 0 aliphatic carbocycles. The number of benzene rings is 1. The number of fused-ring (bicyclic) bond motifs is 2. The van der Waals surface area contributed by atoms with Crippen LogP contribution in [-0.4, -0.2) is 42.1 Å². The minimum Gasteiger partial charge on any atom is -0.492 e. The number of aromatic nitrogens is 4. The first kappa shape index (κ1) is 20.8. The highest BCUT2D eigenvalue weighted by Gasteiger charge is 2.28. The Hall–Kier alpha value is -4.11. The van der Waals surface area contributed by atoms with E-state index in [-0.39, 0.29) is 33.3 Å². The lowest BCUT2D eigenvalue weighted by Gasteiger charge is -2.20. The van der Waals surface area contributed by atoms with Crippen LogP contribution in [0.3, 0.4) is 0 Å². The smallest absolute Gasteiger partial charge is 0.266 e. The summed E-state index contributed by atoms with van der Waals surface area (Å²) in [6.07, 6.45) is 4.81. The molecule has 5 rings (SSSR count). The summed E-state index contributed by atoms with van der Waals surface area (Å²) in [5.41, 5.74) is 1.80. The van der Waals surface area contributed by atoms with Crippen LogP contribution in [0, 0.1) is 11.3 Å². The number of nitrogens with zero attached hydrogens (tertiary/aromatic N) is 5. The van der Waals surface area contributed by atoms with Crippen molar-refractivity contribution in [3.8, 4) is 17.7 Å². The fourth-order valence-corrected chi connectivity index (χ4v) is 4.95. The van der Waals surface area contributed by atoms with E-state index >= 15 is 0 Å². The van der Waals surface area contributed by atoms with E-state index in [1.165, 1.54) is 13.2 Å². The van der Waals surface area contributed by atoms with Gasteiger partial charge in [0, 0.05) is 18.5 Å². The first-order valence-electron chi connectivity index (χ1n) is 10.0. The summed E-state index contributed by atoms with van der Waals surface area (Å²) in [7, 11) is -2.75. The third-order valence-electron chi connectivity index (χ3n) is 5.17. The molecule has 12 heteroatoms. The molecule has 1 aliphatic rings. The molecule has 0 amide bonds. The van der Waals surface area contributed by atoms with E-state index in [0.29, 0.717) is 36.4 Å². The molecule has 11 nitrogen and oxygen atoms in total. The molecule has 33 heavy (non-hydrogen) atoms. The number of hydrogen-bond acceptors (Lipinski definition) is 9. The van der Waals surface area contributed by atoms with E-state index in [1.807, 2.05) is 6.07 Å². The van der Waals surface area contributed by atoms with Gasteiger partial charge in [-0.3, -0.25) is 9.40 Å². The first-order chi connectivity index (χ1) is 16.0. The summed E-state index contributed by atoms with van der Waals surface area (Å²) < 4.78 is 47.1. The lowest BCUT2D eigenvalue weighted by atomic mass is 10.0. The van der Waals surface area contributed by atoms with Gasteiger partial charge in [0.25, 0.3) is 10.0 Å². The van der Waals surface area contributed by atoms with Crippen LogP contribution < -0.4 is 14.2 Å². The summed E-state index contributed by atoms with van der Waals surface area (Å²) in [6, 6.07) is 8.37. The van der Waals surface area contributed by atoms with Crippen LogP contribution in [0.1, 0.15) is 23.2 Å². The second kappa shape index (κ2) is 8.10. The molecule has 1 aromatic carbocycles. The highest BCUT2D eigenvalue weighted by atomic mass is 32.2. The fraction of sp³-hybridized carbons (Fsp3) is 0.238. The minimum absolute atomic E-state index is 0.0769. The van der Waals surface area contributed by atoms with E-state index in [2.05, 4.69) is 20.0 Å². The normalized spacial score (nSPS) is 13.2. The molecule has 3 aromatic heterocycles. The van der Waals surface area contributed by atoms with Gasteiger partial charge in [-0.1, -0.05) is 5.16 Å². The Bertz CT molecular complexity index is 1490. The van der Waals surface area contributed by atoms with Crippen LogP contribution in [0.25, 0.3) is 11.0 Å². The number of hydrogen-bond donors (Lipinski definition) is 1. The molecule has 168 valence electrons. The first-order valence-corrected chi connectivity index (χ1v) is 11.5. The molecule has 1 N–H and O–H groups in total. The van der Waals surface area contributed by atoms with Gasteiger partial charge < -0.3 is 14.0 Å². The highest BCUT2D eigenvalue weighted by Crippen LogP contribution is 2.37. The van der Waals surface area contributed by atoms with E-state index in [0.717, 1.165) is 6.42 Å². The molecule has 4 heterocycles. The molecule has 0 atom stereocenters. The van der Waals surface area contributed by atoms with Gasteiger partial charge in [0.2, 0.25) is 5.88 Å². The number of rotatable bonds is 6. The van der Waals surface area contributed by atoms with Crippen molar-refractivity contribution in [1.29, 1.82) is 5.26 Å². The van der Waals surface area contributed by atoms with Crippen LogP contribution in [0.4, 0.5) is 5.82 Å². The van der Waals surface area contributed by atoms with E-state index < -0.39 is 10.0 Å². The maximum absolute atomic E-state index is 13.3. The third kappa shape index (κ3) is 3.83. The minimum atomic E-state index is -4.17. The zero-order valence-electron chi connectivity index (χ0n) is 17.5. The number of ether oxygens (including phenoxy) is 2. The number of anilines is 1. The van der Waals surface area contributed by atoms with Crippen molar-refractivity contribution in [2.24, 2.45) is 0 Å². The molecule has 0 unspecified atom stereocenters. The number of methoxy groups -OCH3 is 1. The van der Waals surface area contributed by atoms with Gasteiger partial charge >= 0.3 is 0 Å². The van der Waals surface area contributed by atoms with Gasteiger partial charge in [0.05, 0.1) is 37.6 Å². The molecule has 0 saturated carbocycles. The van der Waals surface area contributed by atoms with Gasteiger partial charge in [-0.05, 0) is 36.6 Å². The molecule has 0 bridgehead atoms. The lowest BCUT2D eigenvalue weighted by Crippen LogP contribution is -2.18. The fourth-order valence-electron chi connectivity index (χ4n) is 3.73. The molecular formula is C21H18N6O5S. The summed E-state index contributed by atoms with van der Waals surface area (Å²) in [5, 5.41) is 17.7.